The minimum Gasteiger partial charge on any atom is -0.275 e. The second kappa shape index (κ2) is 5.97. The number of hydrogen-bond donors (Lipinski definition) is 1. The van der Waals surface area contributed by atoms with Gasteiger partial charge in [-0.15, -0.1) is 0 Å². The number of aromatic nitrogens is 2. The number of nitriles is 1. The summed E-state index contributed by atoms with van der Waals surface area (Å²) in [7, 11) is -3.05. The van der Waals surface area contributed by atoms with Crippen molar-refractivity contribution < 1.29 is 26.4 Å². The van der Waals surface area contributed by atoms with Crippen molar-refractivity contribution in [2.24, 2.45) is 7.05 Å². The summed E-state index contributed by atoms with van der Waals surface area (Å²) >= 11 is 0. The Morgan fingerprint density at radius 2 is 2.04 bits per heavy atom. The number of benzene rings is 1. The van der Waals surface area contributed by atoms with Crippen LogP contribution in [0.5, 0.6) is 0 Å². The first kappa shape index (κ1) is 17.5. The third kappa shape index (κ3) is 3.54. The lowest BCUT2D eigenvalue weighted by atomic mass is 10.1. The van der Waals surface area contributed by atoms with Gasteiger partial charge in [0.15, 0.2) is 0 Å². The highest BCUT2D eigenvalue weighted by Crippen LogP contribution is 2.33. The van der Waals surface area contributed by atoms with E-state index in [0.29, 0.717) is 6.07 Å². The summed E-state index contributed by atoms with van der Waals surface area (Å²) in [4.78, 5) is 11.0. The maximum Gasteiger partial charge on any atom is 0.417 e. The molecule has 0 radical (unpaired) electrons. The molecule has 0 unspecified atom stereocenters. The van der Waals surface area contributed by atoms with Gasteiger partial charge in [0.05, 0.1) is 33.9 Å². The zero-order chi connectivity index (χ0) is 18.1. The maximum absolute atomic E-state index is 12.9. The molecule has 2 rings (SSSR count). The minimum atomic E-state index is -4.91. The smallest absolute Gasteiger partial charge is 0.275 e. The molecule has 0 saturated carbocycles. The fourth-order valence-corrected chi connectivity index (χ4v) is 2.80. The van der Waals surface area contributed by atoms with Crippen molar-refractivity contribution in [2.45, 2.75) is 11.1 Å². The van der Waals surface area contributed by atoms with Crippen LogP contribution in [0.3, 0.4) is 0 Å². The monoisotopic (exact) mass is 358 g/mol. The summed E-state index contributed by atoms with van der Waals surface area (Å²) in [6, 6.07) is 3.18. The fraction of sp³-hybridized carbons (Fsp3) is 0.154. The Morgan fingerprint density at radius 3 is 2.54 bits per heavy atom. The highest BCUT2D eigenvalue weighted by atomic mass is 32.2. The number of nitrogens with zero attached hydrogens (tertiary/aromatic N) is 3. The van der Waals surface area contributed by atoms with Gasteiger partial charge in [-0.1, -0.05) is 0 Å². The van der Waals surface area contributed by atoms with Gasteiger partial charge in [0.2, 0.25) is 0 Å². The molecule has 0 saturated heterocycles. The average molecular weight is 358 g/mol. The zero-order valence-corrected chi connectivity index (χ0v) is 12.8. The van der Waals surface area contributed by atoms with Crippen molar-refractivity contribution >= 4 is 15.9 Å². The molecule has 126 valence electrons. The van der Waals surface area contributed by atoms with E-state index >= 15 is 0 Å². The Morgan fingerprint density at radius 1 is 1.38 bits per heavy atom. The molecule has 0 aliphatic heterocycles. The molecule has 24 heavy (non-hydrogen) atoms. The van der Waals surface area contributed by atoms with Crippen molar-refractivity contribution in [3.8, 4) is 6.07 Å². The second-order valence-corrected chi connectivity index (χ2v) is 6.34. The minimum absolute atomic E-state index is 0.0780. The van der Waals surface area contributed by atoms with Gasteiger partial charge in [-0.3, -0.25) is 9.48 Å². The van der Waals surface area contributed by atoms with E-state index in [0.717, 1.165) is 18.3 Å². The van der Waals surface area contributed by atoms with Gasteiger partial charge in [0.25, 0.3) is 15.9 Å². The number of carbonyl (C=O) groups excluding carboxylic acids is 1. The van der Waals surface area contributed by atoms with E-state index in [-0.39, 0.29) is 5.56 Å². The van der Waals surface area contributed by atoms with E-state index < -0.39 is 38.1 Å². The quantitative estimate of drug-likeness (QED) is 0.894. The van der Waals surface area contributed by atoms with Crippen LogP contribution in [0.15, 0.2) is 35.5 Å². The van der Waals surface area contributed by atoms with Crippen molar-refractivity contribution in [3.05, 3.63) is 47.3 Å². The molecule has 0 fully saturated rings. The zero-order valence-electron chi connectivity index (χ0n) is 12.0. The number of rotatable bonds is 3. The number of hydrogen-bond acceptors (Lipinski definition) is 5. The number of nitrogens with one attached hydrogen (secondary N) is 1. The molecular weight excluding hydrogens is 349 g/mol. The van der Waals surface area contributed by atoms with Gasteiger partial charge in [-0.25, -0.2) is 13.1 Å². The summed E-state index contributed by atoms with van der Waals surface area (Å²) < 4.78 is 65.8. The number of carbonyl (C=O) groups is 1. The van der Waals surface area contributed by atoms with Gasteiger partial charge < -0.3 is 0 Å². The standard InChI is InChI=1S/C13H9F3N4O3S/c1-20-7-9(6-18-20)12(21)19-24(22,23)10-3-2-8(5-17)11(4-10)13(14,15)16/h2-4,6-7H,1H3,(H,19,21). The molecule has 0 atom stereocenters. The number of amides is 1. The Bertz CT molecular complexity index is 942. The van der Waals surface area contributed by atoms with Crippen LogP contribution in [-0.4, -0.2) is 24.1 Å². The maximum atomic E-state index is 12.9. The van der Waals surface area contributed by atoms with E-state index in [2.05, 4.69) is 5.10 Å². The lowest BCUT2D eigenvalue weighted by Gasteiger charge is -2.11. The molecule has 1 amide bonds. The van der Waals surface area contributed by atoms with Crippen molar-refractivity contribution in [2.75, 3.05) is 0 Å². The van der Waals surface area contributed by atoms with Crippen LogP contribution in [-0.2, 0) is 23.2 Å². The van der Waals surface area contributed by atoms with E-state index in [1.54, 1.807) is 4.72 Å². The Kier molecular flexibility index (Phi) is 4.35. The lowest BCUT2D eigenvalue weighted by Crippen LogP contribution is -2.30. The van der Waals surface area contributed by atoms with Gasteiger partial charge in [0.1, 0.15) is 0 Å². The van der Waals surface area contributed by atoms with Crippen molar-refractivity contribution in [3.63, 3.8) is 0 Å². The molecule has 1 aromatic carbocycles. The van der Waals surface area contributed by atoms with Crippen LogP contribution in [0.25, 0.3) is 0 Å². The number of sulfonamides is 1. The van der Waals surface area contributed by atoms with Crippen LogP contribution < -0.4 is 4.72 Å². The largest absolute Gasteiger partial charge is 0.417 e. The Labute approximate surface area is 134 Å². The molecule has 1 heterocycles. The summed E-state index contributed by atoms with van der Waals surface area (Å²) in [5, 5.41) is 12.4. The third-order valence-corrected chi connectivity index (χ3v) is 4.25. The first-order chi connectivity index (χ1) is 11.0. The molecule has 7 nitrogen and oxygen atoms in total. The van der Waals surface area contributed by atoms with E-state index in [1.165, 1.54) is 24.0 Å². The van der Waals surface area contributed by atoms with Gasteiger partial charge in [0, 0.05) is 13.2 Å². The molecule has 1 aromatic heterocycles. The number of alkyl halides is 3. The molecular formula is C13H9F3N4O3S. The molecule has 0 aliphatic rings. The third-order valence-electron chi connectivity index (χ3n) is 2.92. The van der Waals surface area contributed by atoms with Gasteiger partial charge in [-0.05, 0) is 18.2 Å². The van der Waals surface area contributed by atoms with Gasteiger partial charge in [-0.2, -0.15) is 23.5 Å². The second-order valence-electron chi connectivity index (χ2n) is 4.65. The first-order valence-electron chi connectivity index (χ1n) is 6.22. The normalized spacial score (nSPS) is 11.8. The highest BCUT2D eigenvalue weighted by molar-refractivity contribution is 7.90. The summed E-state index contributed by atoms with van der Waals surface area (Å²) in [5.41, 5.74) is -2.20. The van der Waals surface area contributed by atoms with Crippen LogP contribution in [0.2, 0.25) is 0 Å². The van der Waals surface area contributed by atoms with E-state index in [1.807, 2.05) is 0 Å². The number of halogens is 3. The first-order valence-corrected chi connectivity index (χ1v) is 7.70. The molecule has 11 heteroatoms. The SMILES string of the molecule is Cn1cc(C(=O)NS(=O)(=O)c2ccc(C#N)c(C(F)(F)F)c2)cn1. The number of aryl methyl sites for hydroxylation is 1. The van der Waals surface area contributed by atoms with E-state index in [4.69, 9.17) is 5.26 Å². The molecule has 1 N–H and O–H groups in total. The molecule has 0 bridgehead atoms. The highest BCUT2D eigenvalue weighted by Gasteiger charge is 2.35. The average Bonchev–Trinajstić information content (AvgIpc) is 2.92. The molecule has 0 spiro atoms. The van der Waals surface area contributed by atoms with Crippen molar-refractivity contribution in [1.29, 1.82) is 5.26 Å². The van der Waals surface area contributed by atoms with Crippen LogP contribution in [0.1, 0.15) is 21.5 Å². The van der Waals surface area contributed by atoms with E-state index in [9.17, 15) is 26.4 Å². The van der Waals surface area contributed by atoms with Gasteiger partial charge >= 0.3 is 6.18 Å². The predicted molar refractivity (Wildman–Crippen MR) is 74.0 cm³/mol. The van der Waals surface area contributed by atoms with Crippen LogP contribution >= 0.6 is 0 Å². The van der Waals surface area contributed by atoms with Crippen LogP contribution in [0.4, 0.5) is 13.2 Å². The Hall–Kier alpha value is -2.87. The van der Waals surface area contributed by atoms with Crippen LogP contribution in [0, 0.1) is 11.3 Å². The Balaban J connectivity index is 2.40. The topological polar surface area (TPSA) is 105 Å². The molecule has 0 aliphatic carbocycles. The molecule has 2 aromatic rings. The van der Waals surface area contributed by atoms with Crippen molar-refractivity contribution in [1.82, 2.24) is 14.5 Å². The predicted octanol–water partition coefficient (Wildman–Crippen LogP) is 1.43. The summed E-state index contributed by atoms with van der Waals surface area (Å²) in [6.45, 7) is 0. The lowest BCUT2D eigenvalue weighted by molar-refractivity contribution is -0.137. The fourth-order valence-electron chi connectivity index (χ4n) is 1.80. The summed E-state index contributed by atoms with van der Waals surface area (Å²) in [6.07, 6.45) is -2.57. The summed E-state index contributed by atoms with van der Waals surface area (Å²) in [5.74, 6) is -1.04.